The Morgan fingerprint density at radius 3 is 2.43 bits per heavy atom. The molecule has 7 heteroatoms. The number of halogens is 2. The zero-order chi connectivity index (χ0) is 20.1. The van der Waals surface area contributed by atoms with Gasteiger partial charge in [0.25, 0.3) is 0 Å². The van der Waals surface area contributed by atoms with Gasteiger partial charge in [0.05, 0.1) is 22.1 Å². The van der Waals surface area contributed by atoms with Crippen LogP contribution in [-0.2, 0) is 11.2 Å². The number of benzene rings is 2. The van der Waals surface area contributed by atoms with Crippen LogP contribution >= 0.6 is 11.6 Å². The van der Waals surface area contributed by atoms with Crippen LogP contribution in [-0.4, -0.2) is 15.9 Å². The smallest absolute Gasteiger partial charge is 0.322 e. The van der Waals surface area contributed by atoms with Crippen molar-refractivity contribution in [1.82, 2.24) is 9.97 Å². The summed E-state index contributed by atoms with van der Waals surface area (Å²) in [6.45, 7) is 3.56. The molecule has 0 bridgehead atoms. The van der Waals surface area contributed by atoms with Gasteiger partial charge in [-0.15, -0.1) is 0 Å². The summed E-state index contributed by atoms with van der Waals surface area (Å²) in [7, 11) is 0. The number of aromatic nitrogens is 2. The monoisotopic (exact) mass is 399 g/mol. The number of aryl methyl sites for hydroxylation is 3. The molecule has 1 aromatic heterocycles. The summed E-state index contributed by atoms with van der Waals surface area (Å²) in [6, 6.07) is 13.9. The van der Waals surface area contributed by atoms with Gasteiger partial charge in [-0.2, -0.15) is 9.97 Å². The van der Waals surface area contributed by atoms with E-state index < -0.39 is 5.82 Å². The second-order valence-electron chi connectivity index (χ2n) is 6.26. The van der Waals surface area contributed by atoms with Crippen molar-refractivity contribution < 1.29 is 13.9 Å². The number of hydrogen-bond donors (Lipinski definition) is 1. The minimum absolute atomic E-state index is 0.0481. The second-order valence-corrected chi connectivity index (χ2v) is 6.67. The molecule has 1 amide bonds. The molecule has 0 aliphatic rings. The van der Waals surface area contributed by atoms with Crippen LogP contribution in [0.15, 0.2) is 48.5 Å². The zero-order valence-corrected chi connectivity index (χ0v) is 16.3. The molecule has 0 atom stereocenters. The van der Waals surface area contributed by atoms with Gasteiger partial charge in [0.15, 0.2) is 0 Å². The summed E-state index contributed by atoms with van der Waals surface area (Å²) in [6.07, 6.45) is 0.670. The van der Waals surface area contributed by atoms with E-state index in [1.54, 1.807) is 19.9 Å². The van der Waals surface area contributed by atoms with Gasteiger partial charge in [-0.1, -0.05) is 35.9 Å². The molecule has 3 rings (SSSR count). The van der Waals surface area contributed by atoms with Gasteiger partial charge in [-0.3, -0.25) is 4.79 Å². The van der Waals surface area contributed by atoms with Crippen LogP contribution in [0.1, 0.15) is 23.4 Å². The van der Waals surface area contributed by atoms with E-state index in [0.29, 0.717) is 29.2 Å². The van der Waals surface area contributed by atoms with Crippen molar-refractivity contribution in [3.63, 3.8) is 0 Å². The van der Waals surface area contributed by atoms with Crippen LogP contribution in [0.3, 0.4) is 0 Å². The number of anilines is 1. The minimum atomic E-state index is -0.476. The van der Waals surface area contributed by atoms with Crippen molar-refractivity contribution in [1.29, 1.82) is 0 Å². The van der Waals surface area contributed by atoms with Gasteiger partial charge in [0.1, 0.15) is 11.6 Å². The van der Waals surface area contributed by atoms with E-state index in [1.807, 2.05) is 30.3 Å². The van der Waals surface area contributed by atoms with Gasteiger partial charge in [-0.25, -0.2) is 4.39 Å². The van der Waals surface area contributed by atoms with Crippen molar-refractivity contribution in [3.8, 4) is 11.8 Å². The SMILES string of the molecule is Cc1nc(Oc2ccccc2)nc(C)c1NC(=O)CCc1ccc(F)c(Cl)c1. The van der Waals surface area contributed by atoms with Crippen molar-refractivity contribution >= 4 is 23.2 Å². The first-order chi connectivity index (χ1) is 13.4. The highest BCUT2D eigenvalue weighted by molar-refractivity contribution is 6.30. The highest BCUT2D eigenvalue weighted by atomic mass is 35.5. The van der Waals surface area contributed by atoms with Crippen LogP contribution in [0.5, 0.6) is 11.8 Å². The number of amides is 1. The third-order valence-electron chi connectivity index (χ3n) is 4.09. The number of nitrogens with one attached hydrogen (secondary N) is 1. The lowest BCUT2D eigenvalue weighted by Gasteiger charge is -2.12. The Kier molecular flexibility index (Phi) is 6.21. The molecule has 3 aromatic rings. The molecule has 0 unspecified atom stereocenters. The van der Waals surface area contributed by atoms with E-state index in [4.69, 9.17) is 16.3 Å². The summed E-state index contributed by atoms with van der Waals surface area (Å²) in [5.41, 5.74) is 2.56. The maximum absolute atomic E-state index is 13.2. The van der Waals surface area contributed by atoms with E-state index in [1.165, 1.54) is 12.1 Å². The highest BCUT2D eigenvalue weighted by Gasteiger charge is 2.13. The second kappa shape index (κ2) is 8.80. The molecule has 144 valence electrons. The molecular formula is C21H19ClFN3O2. The van der Waals surface area contributed by atoms with Crippen LogP contribution in [0, 0.1) is 19.7 Å². The topological polar surface area (TPSA) is 64.1 Å². The fourth-order valence-electron chi connectivity index (χ4n) is 2.66. The molecule has 0 aliphatic heterocycles. The predicted octanol–water partition coefficient (Wildman–Crippen LogP) is 5.25. The minimum Gasteiger partial charge on any atom is -0.424 e. The van der Waals surface area contributed by atoms with Gasteiger partial charge in [0, 0.05) is 6.42 Å². The first-order valence-corrected chi connectivity index (χ1v) is 9.12. The number of carbonyl (C=O) groups is 1. The Labute approximate surface area is 167 Å². The largest absolute Gasteiger partial charge is 0.424 e. The summed E-state index contributed by atoms with van der Waals surface area (Å²) < 4.78 is 18.9. The Hall–Kier alpha value is -2.99. The third-order valence-corrected chi connectivity index (χ3v) is 4.38. The molecule has 0 saturated carbocycles. The van der Waals surface area contributed by atoms with Gasteiger partial charge in [0.2, 0.25) is 5.91 Å². The number of nitrogens with zero attached hydrogens (tertiary/aromatic N) is 2. The lowest BCUT2D eigenvalue weighted by atomic mass is 10.1. The molecule has 5 nitrogen and oxygen atoms in total. The molecule has 2 aromatic carbocycles. The average Bonchev–Trinajstić information content (AvgIpc) is 2.66. The Morgan fingerprint density at radius 2 is 1.79 bits per heavy atom. The maximum Gasteiger partial charge on any atom is 0.322 e. The molecule has 1 heterocycles. The van der Waals surface area contributed by atoms with E-state index >= 15 is 0 Å². The Bertz CT molecular complexity index is 973. The Morgan fingerprint density at radius 1 is 1.11 bits per heavy atom. The summed E-state index contributed by atoms with van der Waals surface area (Å²) >= 11 is 5.77. The fraction of sp³-hybridized carbons (Fsp3) is 0.190. The summed E-state index contributed by atoms with van der Waals surface area (Å²) in [5, 5.41) is 2.89. The molecule has 0 saturated heterocycles. The van der Waals surface area contributed by atoms with Crippen molar-refractivity contribution in [2.45, 2.75) is 26.7 Å². The van der Waals surface area contributed by atoms with Crippen LogP contribution in [0.4, 0.5) is 10.1 Å². The van der Waals surface area contributed by atoms with Gasteiger partial charge >= 0.3 is 6.01 Å². The highest BCUT2D eigenvalue weighted by Crippen LogP contribution is 2.23. The normalized spacial score (nSPS) is 10.6. The number of rotatable bonds is 6. The van der Waals surface area contributed by atoms with Crippen molar-refractivity contribution in [2.75, 3.05) is 5.32 Å². The lowest BCUT2D eigenvalue weighted by Crippen LogP contribution is -2.15. The summed E-state index contributed by atoms with van der Waals surface area (Å²) in [5.74, 6) is -0.0286. The first kappa shape index (κ1) is 19.8. The molecule has 0 radical (unpaired) electrons. The average molecular weight is 400 g/mol. The molecule has 28 heavy (non-hydrogen) atoms. The standard InChI is InChI=1S/C21H19ClFN3O2/c1-13-20(14(2)25-21(24-13)28-16-6-4-3-5-7-16)26-19(27)11-9-15-8-10-18(23)17(22)12-15/h3-8,10,12H,9,11H2,1-2H3,(H,26,27). The number of carbonyl (C=O) groups excluding carboxylic acids is 1. The van der Waals surface area contributed by atoms with Crippen LogP contribution in [0.2, 0.25) is 5.02 Å². The van der Waals surface area contributed by atoms with Crippen molar-refractivity contribution in [2.24, 2.45) is 0 Å². The first-order valence-electron chi connectivity index (χ1n) is 8.74. The van der Waals surface area contributed by atoms with Crippen molar-refractivity contribution in [3.05, 3.63) is 76.3 Å². The van der Waals surface area contributed by atoms with Gasteiger partial charge < -0.3 is 10.1 Å². The number of para-hydroxylation sites is 1. The molecule has 1 N–H and O–H groups in total. The quantitative estimate of drug-likeness (QED) is 0.614. The van der Waals surface area contributed by atoms with Gasteiger partial charge in [-0.05, 0) is 50.1 Å². The predicted molar refractivity (Wildman–Crippen MR) is 106 cm³/mol. The van der Waals surface area contributed by atoms with E-state index in [2.05, 4.69) is 15.3 Å². The molecular weight excluding hydrogens is 381 g/mol. The zero-order valence-electron chi connectivity index (χ0n) is 15.5. The number of ether oxygens (including phenoxy) is 1. The number of hydrogen-bond acceptors (Lipinski definition) is 4. The molecule has 0 aliphatic carbocycles. The lowest BCUT2D eigenvalue weighted by molar-refractivity contribution is -0.116. The molecule has 0 spiro atoms. The van der Waals surface area contributed by atoms with E-state index in [0.717, 1.165) is 5.56 Å². The maximum atomic E-state index is 13.2. The van der Waals surface area contributed by atoms with E-state index in [-0.39, 0.29) is 23.4 Å². The third kappa shape index (κ3) is 5.04. The van der Waals surface area contributed by atoms with E-state index in [9.17, 15) is 9.18 Å². The van der Waals surface area contributed by atoms with Crippen LogP contribution in [0.25, 0.3) is 0 Å². The van der Waals surface area contributed by atoms with Crippen LogP contribution < -0.4 is 10.1 Å². The fourth-order valence-corrected chi connectivity index (χ4v) is 2.86. The summed E-state index contributed by atoms with van der Waals surface area (Å²) in [4.78, 5) is 20.9. The Balaban J connectivity index is 1.64. The molecule has 0 fully saturated rings.